The van der Waals surface area contributed by atoms with Gasteiger partial charge in [-0.15, -0.1) is 0 Å². The molecule has 5 nitrogen and oxygen atoms in total. The van der Waals surface area contributed by atoms with Crippen LogP contribution in [0.3, 0.4) is 0 Å². The zero-order valence-electron chi connectivity index (χ0n) is 18.1. The van der Waals surface area contributed by atoms with E-state index in [4.69, 9.17) is 9.47 Å². The highest BCUT2D eigenvalue weighted by molar-refractivity contribution is 5.94. The first-order valence-electron chi connectivity index (χ1n) is 11.8. The Balaban J connectivity index is 1.17. The first-order chi connectivity index (χ1) is 14.5. The van der Waals surface area contributed by atoms with E-state index < -0.39 is 5.60 Å². The topological polar surface area (TPSA) is 59.0 Å². The van der Waals surface area contributed by atoms with Crippen LogP contribution >= 0.6 is 0 Å². The predicted octanol–water partition coefficient (Wildman–Crippen LogP) is 3.89. The van der Waals surface area contributed by atoms with E-state index in [1.54, 1.807) is 0 Å². The van der Waals surface area contributed by atoms with Gasteiger partial charge in [0.1, 0.15) is 5.75 Å². The molecular weight excluding hydrogens is 378 g/mol. The maximum absolute atomic E-state index is 13.2. The Labute approximate surface area is 179 Å². The first-order valence-corrected chi connectivity index (χ1v) is 11.8. The van der Waals surface area contributed by atoms with Gasteiger partial charge < -0.3 is 19.5 Å². The Bertz CT molecular complexity index is 741. The average Bonchev–Trinajstić information content (AvgIpc) is 2.73. The standard InChI is InChI=1S/C25H35NO4/c1-26(23-20-12-18-13-21(23)16-25(28,14-18)15-20)24(27)19-2-4-22(5-3-19)30-11-8-17-6-9-29-10-7-17/h2-5,17-18,20-21,23,28H,6-16H2,1H3. The highest BCUT2D eigenvalue weighted by atomic mass is 16.5. The number of rotatable bonds is 6. The molecule has 4 aliphatic carbocycles. The summed E-state index contributed by atoms with van der Waals surface area (Å²) in [7, 11) is 1.96. The van der Waals surface area contributed by atoms with E-state index in [-0.39, 0.29) is 11.9 Å². The predicted molar refractivity (Wildman–Crippen MR) is 114 cm³/mol. The highest BCUT2D eigenvalue weighted by Gasteiger charge is 2.56. The van der Waals surface area contributed by atoms with Gasteiger partial charge in [-0.25, -0.2) is 0 Å². The van der Waals surface area contributed by atoms with Gasteiger partial charge in [0.25, 0.3) is 5.91 Å². The fraction of sp³-hybridized carbons (Fsp3) is 0.720. The summed E-state index contributed by atoms with van der Waals surface area (Å²) in [6.45, 7) is 2.46. The van der Waals surface area contributed by atoms with Crippen LogP contribution in [0.2, 0.25) is 0 Å². The van der Waals surface area contributed by atoms with Crippen molar-refractivity contribution in [3.05, 3.63) is 29.8 Å². The third-order valence-corrected chi connectivity index (χ3v) is 8.20. The Morgan fingerprint density at radius 2 is 1.80 bits per heavy atom. The Kier molecular flexibility index (Phi) is 5.53. The molecule has 1 aromatic carbocycles. The van der Waals surface area contributed by atoms with Crippen molar-refractivity contribution >= 4 is 5.91 Å². The molecule has 5 aliphatic rings. The fourth-order valence-corrected chi connectivity index (χ4v) is 7.00. The molecule has 1 heterocycles. The van der Waals surface area contributed by atoms with Gasteiger partial charge in [0, 0.05) is 31.9 Å². The number of benzene rings is 1. The van der Waals surface area contributed by atoms with E-state index in [9.17, 15) is 9.90 Å². The van der Waals surface area contributed by atoms with Crippen LogP contribution in [0.4, 0.5) is 0 Å². The van der Waals surface area contributed by atoms with Crippen molar-refractivity contribution in [1.82, 2.24) is 4.90 Å². The van der Waals surface area contributed by atoms with Crippen molar-refractivity contribution in [2.75, 3.05) is 26.9 Å². The van der Waals surface area contributed by atoms with Gasteiger partial charge in [-0.3, -0.25) is 4.79 Å². The monoisotopic (exact) mass is 413 g/mol. The number of ether oxygens (including phenoxy) is 2. The molecular formula is C25H35NO4. The molecule has 0 radical (unpaired) electrons. The molecule has 2 unspecified atom stereocenters. The Hall–Kier alpha value is -1.59. The zero-order chi connectivity index (χ0) is 20.7. The van der Waals surface area contributed by atoms with Crippen molar-refractivity contribution in [2.24, 2.45) is 23.7 Å². The fourth-order valence-electron chi connectivity index (χ4n) is 7.00. The second kappa shape index (κ2) is 8.16. The Morgan fingerprint density at radius 3 is 2.43 bits per heavy atom. The van der Waals surface area contributed by atoms with E-state index >= 15 is 0 Å². The molecule has 1 aromatic rings. The summed E-state index contributed by atoms with van der Waals surface area (Å²) in [5.74, 6) is 3.18. The zero-order valence-corrected chi connectivity index (χ0v) is 18.1. The molecule has 1 aliphatic heterocycles. The summed E-state index contributed by atoms with van der Waals surface area (Å²) in [6, 6.07) is 7.90. The number of nitrogens with zero attached hydrogens (tertiary/aromatic N) is 1. The van der Waals surface area contributed by atoms with Crippen LogP contribution in [0.5, 0.6) is 5.75 Å². The number of carbonyl (C=O) groups excluding carboxylic acids is 1. The summed E-state index contributed by atoms with van der Waals surface area (Å²) in [5, 5.41) is 10.8. The van der Waals surface area contributed by atoms with Crippen LogP contribution in [-0.4, -0.2) is 54.4 Å². The summed E-state index contributed by atoms with van der Waals surface area (Å²) < 4.78 is 11.3. The molecule has 1 amide bonds. The maximum atomic E-state index is 13.2. The quantitative estimate of drug-likeness (QED) is 0.769. The summed E-state index contributed by atoms with van der Waals surface area (Å²) >= 11 is 0. The van der Waals surface area contributed by atoms with E-state index in [1.807, 2.05) is 36.2 Å². The molecule has 0 spiro atoms. The minimum Gasteiger partial charge on any atom is -0.494 e. The first kappa shape index (κ1) is 20.3. The van der Waals surface area contributed by atoms with E-state index in [2.05, 4.69) is 0 Å². The van der Waals surface area contributed by atoms with E-state index in [0.29, 0.717) is 30.3 Å². The second-order valence-corrected chi connectivity index (χ2v) is 10.3. The maximum Gasteiger partial charge on any atom is 0.253 e. The van der Waals surface area contributed by atoms with Gasteiger partial charge in [-0.2, -0.15) is 0 Å². The lowest BCUT2D eigenvalue weighted by atomic mass is 9.52. The molecule has 1 N–H and O–H groups in total. The molecule has 6 rings (SSSR count). The number of amides is 1. The molecule has 164 valence electrons. The highest BCUT2D eigenvalue weighted by Crippen LogP contribution is 2.56. The van der Waals surface area contributed by atoms with Crippen LogP contribution < -0.4 is 4.74 Å². The lowest BCUT2D eigenvalue weighted by Crippen LogP contribution is -2.61. The number of aliphatic hydroxyl groups is 1. The van der Waals surface area contributed by atoms with E-state index in [1.165, 1.54) is 12.8 Å². The van der Waals surface area contributed by atoms with Crippen molar-refractivity contribution < 1.29 is 19.4 Å². The van der Waals surface area contributed by atoms with Crippen LogP contribution in [0.15, 0.2) is 24.3 Å². The molecule has 2 atom stereocenters. The van der Waals surface area contributed by atoms with Gasteiger partial charge in [-0.1, -0.05) is 0 Å². The third-order valence-electron chi connectivity index (χ3n) is 8.20. The van der Waals surface area contributed by atoms with Crippen LogP contribution in [-0.2, 0) is 4.74 Å². The normalized spacial score (nSPS) is 35.4. The molecule has 5 fully saturated rings. The number of carbonyl (C=O) groups is 1. The minimum atomic E-state index is -0.458. The van der Waals surface area contributed by atoms with Gasteiger partial charge in [0.05, 0.1) is 12.2 Å². The largest absolute Gasteiger partial charge is 0.494 e. The molecule has 5 heteroatoms. The third kappa shape index (κ3) is 3.99. The van der Waals surface area contributed by atoms with Crippen molar-refractivity contribution in [3.8, 4) is 5.75 Å². The van der Waals surface area contributed by atoms with Gasteiger partial charge in [-0.05, 0) is 99.3 Å². The smallest absolute Gasteiger partial charge is 0.253 e. The molecule has 0 aromatic heterocycles. The molecule has 30 heavy (non-hydrogen) atoms. The van der Waals surface area contributed by atoms with E-state index in [0.717, 1.165) is 63.1 Å². The average molecular weight is 414 g/mol. The van der Waals surface area contributed by atoms with Gasteiger partial charge >= 0.3 is 0 Å². The van der Waals surface area contributed by atoms with Crippen molar-refractivity contribution in [2.45, 2.75) is 63.0 Å². The van der Waals surface area contributed by atoms with Crippen LogP contribution in [0.1, 0.15) is 61.7 Å². The number of hydrogen-bond acceptors (Lipinski definition) is 4. The molecule has 4 bridgehead atoms. The summed E-state index contributed by atoms with van der Waals surface area (Å²) in [6.07, 6.45) is 8.35. The van der Waals surface area contributed by atoms with Crippen molar-refractivity contribution in [1.29, 1.82) is 0 Å². The Morgan fingerprint density at radius 1 is 1.13 bits per heavy atom. The molecule has 4 saturated carbocycles. The minimum absolute atomic E-state index is 0.0909. The van der Waals surface area contributed by atoms with Crippen LogP contribution in [0, 0.1) is 23.7 Å². The lowest BCUT2D eigenvalue weighted by Gasteiger charge is -2.59. The summed E-state index contributed by atoms with van der Waals surface area (Å²) in [5.41, 5.74) is 0.266. The summed E-state index contributed by atoms with van der Waals surface area (Å²) in [4.78, 5) is 15.2. The van der Waals surface area contributed by atoms with Crippen LogP contribution in [0.25, 0.3) is 0 Å². The van der Waals surface area contributed by atoms with Gasteiger partial charge in [0.15, 0.2) is 0 Å². The van der Waals surface area contributed by atoms with Crippen molar-refractivity contribution in [3.63, 3.8) is 0 Å². The second-order valence-electron chi connectivity index (χ2n) is 10.3. The molecule has 1 saturated heterocycles. The SMILES string of the molecule is CN(C(=O)c1ccc(OCCC2CCOCC2)cc1)C1C2CC3CC1CC(O)(C3)C2. The number of hydrogen-bond donors (Lipinski definition) is 1. The lowest BCUT2D eigenvalue weighted by molar-refractivity contribution is -0.152. The van der Waals surface area contributed by atoms with Gasteiger partial charge in [0.2, 0.25) is 0 Å².